The van der Waals surface area contributed by atoms with Crippen LogP contribution in [0, 0.1) is 0 Å². The van der Waals surface area contributed by atoms with Gasteiger partial charge >= 0.3 is 5.97 Å². The average Bonchev–Trinajstić information content (AvgIpc) is 3.57. The van der Waals surface area contributed by atoms with Gasteiger partial charge in [-0.25, -0.2) is 14.5 Å². The molecule has 6 nitrogen and oxygen atoms in total. The lowest BCUT2D eigenvalue weighted by Gasteiger charge is -1.98. The molecule has 3 heterocycles. The Morgan fingerprint density at radius 1 is 0.848 bits per heavy atom. The van der Waals surface area contributed by atoms with Crippen LogP contribution in [0.3, 0.4) is 0 Å². The first-order valence-corrected chi connectivity index (χ1v) is 10.5. The van der Waals surface area contributed by atoms with Crippen LogP contribution in [-0.4, -0.2) is 21.6 Å². The second-order valence-corrected chi connectivity index (χ2v) is 7.56. The van der Waals surface area contributed by atoms with E-state index >= 15 is 0 Å². The summed E-state index contributed by atoms with van der Waals surface area (Å²) in [6, 6.07) is 28.8. The Hall–Kier alpha value is -4.71. The summed E-state index contributed by atoms with van der Waals surface area (Å²) >= 11 is 0. The molecule has 5 aromatic rings. The minimum absolute atomic E-state index is 0.207. The molecule has 6 rings (SSSR count). The number of cyclic esters (lactones) is 1. The number of benzene rings is 3. The van der Waals surface area contributed by atoms with Crippen LogP contribution >= 0.6 is 0 Å². The zero-order chi connectivity index (χ0) is 22.2. The van der Waals surface area contributed by atoms with Gasteiger partial charge in [0.05, 0.1) is 5.69 Å². The molecule has 0 spiro atoms. The highest BCUT2D eigenvalue weighted by molar-refractivity contribution is 6.13. The van der Waals surface area contributed by atoms with Gasteiger partial charge in [0.25, 0.3) is 0 Å². The molecule has 0 unspecified atom stereocenters. The fourth-order valence-corrected chi connectivity index (χ4v) is 3.76. The number of nitrogens with zero attached hydrogens (tertiary/aromatic N) is 3. The highest BCUT2D eigenvalue weighted by atomic mass is 16.6. The van der Waals surface area contributed by atoms with E-state index in [-0.39, 0.29) is 11.6 Å². The summed E-state index contributed by atoms with van der Waals surface area (Å²) in [5, 5.41) is 5.74. The second kappa shape index (κ2) is 7.76. The number of aromatic nitrogens is 2. The number of ether oxygens (including phenoxy) is 1. The normalized spacial score (nSPS) is 14.6. The summed E-state index contributed by atoms with van der Waals surface area (Å²) in [5.74, 6) is 0.390. The van der Waals surface area contributed by atoms with E-state index in [0.29, 0.717) is 17.0 Å². The topological polar surface area (TPSA) is 69.6 Å². The van der Waals surface area contributed by atoms with Gasteiger partial charge in [-0.15, -0.1) is 0 Å². The van der Waals surface area contributed by atoms with E-state index in [1.807, 2.05) is 97.2 Å². The van der Waals surface area contributed by atoms with Crippen LogP contribution in [0.1, 0.15) is 11.1 Å². The molecule has 1 aliphatic heterocycles. The van der Waals surface area contributed by atoms with E-state index in [2.05, 4.69) is 4.99 Å². The van der Waals surface area contributed by atoms with Crippen molar-refractivity contribution in [3.8, 4) is 17.1 Å². The minimum Gasteiger partial charge on any atom is -0.454 e. The van der Waals surface area contributed by atoms with Gasteiger partial charge in [-0.3, -0.25) is 0 Å². The first kappa shape index (κ1) is 19.0. The number of aliphatic imine (C=N–C) groups is 1. The van der Waals surface area contributed by atoms with E-state index in [1.165, 1.54) is 0 Å². The molecule has 0 N–H and O–H groups in total. The molecule has 0 atom stereocenters. The lowest BCUT2D eigenvalue weighted by atomic mass is 10.1. The van der Waals surface area contributed by atoms with Gasteiger partial charge in [-0.1, -0.05) is 54.6 Å². The Morgan fingerprint density at radius 2 is 1.58 bits per heavy atom. The zero-order valence-corrected chi connectivity index (χ0v) is 17.4. The van der Waals surface area contributed by atoms with E-state index < -0.39 is 5.97 Å². The molecular weight excluding hydrogens is 414 g/mol. The molecule has 0 amide bonds. The van der Waals surface area contributed by atoms with Crippen LogP contribution in [-0.2, 0) is 9.53 Å². The Balaban J connectivity index is 1.48. The predicted octanol–water partition coefficient (Wildman–Crippen LogP) is 5.63. The summed E-state index contributed by atoms with van der Waals surface area (Å²) < 4.78 is 13.2. The molecule has 1 aliphatic rings. The van der Waals surface area contributed by atoms with Gasteiger partial charge in [-0.05, 0) is 42.5 Å². The number of fused-ring (bicyclic) bond motifs is 1. The number of carbonyl (C=O) groups excluding carboxylic acids is 1. The maximum absolute atomic E-state index is 12.6. The SMILES string of the molecule is O=C1OC(c2ccccc2)=NC1=Cc1cn(-c2ccccc2)nc1-c1cc2ccccc2o1. The molecule has 6 heteroatoms. The van der Waals surface area contributed by atoms with E-state index in [1.54, 1.807) is 10.8 Å². The largest absolute Gasteiger partial charge is 0.454 e. The third kappa shape index (κ3) is 3.53. The molecule has 2 aromatic heterocycles. The lowest BCUT2D eigenvalue weighted by Crippen LogP contribution is -2.04. The van der Waals surface area contributed by atoms with E-state index in [4.69, 9.17) is 14.3 Å². The van der Waals surface area contributed by atoms with Crippen LogP contribution in [0.15, 0.2) is 112 Å². The number of furan rings is 1. The number of para-hydroxylation sites is 2. The maximum Gasteiger partial charge on any atom is 0.363 e. The molecule has 0 saturated heterocycles. The van der Waals surface area contributed by atoms with Gasteiger partial charge in [0.2, 0.25) is 5.90 Å². The molecule has 0 fully saturated rings. The fourth-order valence-electron chi connectivity index (χ4n) is 3.76. The summed E-state index contributed by atoms with van der Waals surface area (Å²) in [5.41, 5.74) is 3.92. The predicted molar refractivity (Wildman–Crippen MR) is 126 cm³/mol. The van der Waals surface area contributed by atoms with Crippen LogP contribution in [0.2, 0.25) is 0 Å². The standard InChI is InChI=1S/C27H17N3O3/c31-27-22(28-26(33-27)18-9-3-1-4-10-18)15-20-17-30(21-12-5-2-6-13-21)29-25(20)24-16-19-11-7-8-14-23(19)32-24/h1-17H. The molecule has 3 aromatic carbocycles. The molecule has 0 radical (unpaired) electrons. The zero-order valence-electron chi connectivity index (χ0n) is 17.4. The maximum atomic E-state index is 12.6. The number of carbonyl (C=O) groups is 1. The van der Waals surface area contributed by atoms with Crippen molar-refractivity contribution in [3.63, 3.8) is 0 Å². The minimum atomic E-state index is -0.503. The third-order valence-electron chi connectivity index (χ3n) is 5.36. The van der Waals surface area contributed by atoms with Crippen LogP contribution < -0.4 is 0 Å². The number of esters is 1. The molecular formula is C27H17N3O3. The van der Waals surface area contributed by atoms with Crippen molar-refractivity contribution < 1.29 is 13.9 Å². The smallest absolute Gasteiger partial charge is 0.363 e. The monoisotopic (exact) mass is 431 g/mol. The molecule has 0 bridgehead atoms. The van der Waals surface area contributed by atoms with Crippen molar-refractivity contribution >= 4 is 28.9 Å². The molecule has 0 saturated carbocycles. The Morgan fingerprint density at radius 3 is 2.36 bits per heavy atom. The first-order valence-electron chi connectivity index (χ1n) is 10.5. The molecule has 158 valence electrons. The Labute approximate surface area is 189 Å². The van der Waals surface area contributed by atoms with Crippen LogP contribution in [0.5, 0.6) is 0 Å². The molecule has 33 heavy (non-hydrogen) atoms. The fraction of sp³-hybridized carbons (Fsp3) is 0. The highest BCUT2D eigenvalue weighted by Gasteiger charge is 2.25. The van der Waals surface area contributed by atoms with E-state index in [9.17, 15) is 4.79 Å². The van der Waals surface area contributed by atoms with Crippen molar-refractivity contribution in [1.29, 1.82) is 0 Å². The van der Waals surface area contributed by atoms with Crippen molar-refractivity contribution in [2.45, 2.75) is 0 Å². The van der Waals surface area contributed by atoms with Gasteiger partial charge in [0, 0.05) is 22.7 Å². The van der Waals surface area contributed by atoms with Crippen LogP contribution in [0.4, 0.5) is 0 Å². The third-order valence-corrected chi connectivity index (χ3v) is 5.36. The van der Waals surface area contributed by atoms with E-state index in [0.717, 1.165) is 22.2 Å². The number of rotatable bonds is 4. The number of hydrogen-bond donors (Lipinski definition) is 0. The summed E-state index contributed by atoms with van der Waals surface area (Å²) in [6.07, 6.45) is 3.54. The van der Waals surface area contributed by atoms with Crippen molar-refractivity contribution in [2.24, 2.45) is 4.99 Å². The van der Waals surface area contributed by atoms with Gasteiger partial charge in [-0.2, -0.15) is 5.10 Å². The first-order chi connectivity index (χ1) is 16.2. The van der Waals surface area contributed by atoms with Crippen LogP contribution in [0.25, 0.3) is 34.2 Å². The lowest BCUT2D eigenvalue weighted by molar-refractivity contribution is -0.129. The average molecular weight is 431 g/mol. The Bertz CT molecular complexity index is 1510. The van der Waals surface area contributed by atoms with Crippen molar-refractivity contribution in [3.05, 3.63) is 114 Å². The summed E-state index contributed by atoms with van der Waals surface area (Å²) in [6.45, 7) is 0. The van der Waals surface area contributed by atoms with Crippen molar-refractivity contribution in [2.75, 3.05) is 0 Å². The van der Waals surface area contributed by atoms with Gasteiger partial charge < -0.3 is 9.15 Å². The second-order valence-electron chi connectivity index (χ2n) is 7.56. The summed E-state index contributed by atoms with van der Waals surface area (Å²) in [7, 11) is 0. The summed E-state index contributed by atoms with van der Waals surface area (Å²) in [4.78, 5) is 17.0. The Kier molecular flexibility index (Phi) is 4.47. The van der Waals surface area contributed by atoms with Crippen molar-refractivity contribution in [1.82, 2.24) is 9.78 Å². The van der Waals surface area contributed by atoms with Gasteiger partial charge in [0.15, 0.2) is 11.5 Å². The highest BCUT2D eigenvalue weighted by Crippen LogP contribution is 2.32. The number of hydrogen-bond acceptors (Lipinski definition) is 5. The quantitative estimate of drug-likeness (QED) is 0.273. The molecule has 0 aliphatic carbocycles. The van der Waals surface area contributed by atoms with Gasteiger partial charge in [0.1, 0.15) is 11.3 Å².